The highest BCUT2D eigenvalue weighted by Gasteiger charge is 2.38. The smallest absolute Gasteiger partial charge is 0.356 e. The van der Waals surface area contributed by atoms with Crippen LogP contribution in [0.1, 0.15) is 42.0 Å². The third-order valence-corrected chi connectivity index (χ3v) is 4.71. The number of nitrogens with zero attached hydrogens (tertiary/aromatic N) is 2. The van der Waals surface area contributed by atoms with Crippen LogP contribution in [-0.2, 0) is 11.8 Å². The van der Waals surface area contributed by atoms with E-state index < -0.39 is 5.97 Å². The maximum atomic E-state index is 11.4. The Bertz CT molecular complexity index is 750. The van der Waals surface area contributed by atoms with Gasteiger partial charge < -0.3 is 5.11 Å². The predicted molar refractivity (Wildman–Crippen MR) is 81.9 cm³/mol. The van der Waals surface area contributed by atoms with E-state index in [9.17, 15) is 9.90 Å². The molecule has 1 N–H and O–H groups in total. The number of carboxylic acid groups (broad SMARTS) is 1. The molecule has 1 aliphatic rings. The number of hydrogen-bond acceptors (Lipinski definition) is 2. The summed E-state index contributed by atoms with van der Waals surface area (Å²) in [7, 11) is 0. The van der Waals surface area contributed by atoms with Crippen molar-refractivity contribution in [1.82, 2.24) is 9.78 Å². The molecule has 0 atom stereocenters. The molecule has 1 aliphatic carbocycles. The van der Waals surface area contributed by atoms with Gasteiger partial charge in [0, 0.05) is 11.0 Å². The van der Waals surface area contributed by atoms with Gasteiger partial charge in [-0.1, -0.05) is 37.0 Å². The van der Waals surface area contributed by atoms with Crippen LogP contribution in [0.2, 0.25) is 10.0 Å². The van der Waals surface area contributed by atoms with E-state index in [-0.39, 0.29) is 11.1 Å². The molecule has 3 rings (SSSR count). The van der Waals surface area contributed by atoms with Crippen LogP contribution in [-0.4, -0.2) is 20.9 Å². The number of rotatable bonds is 2. The van der Waals surface area contributed by atoms with Crippen LogP contribution < -0.4 is 0 Å². The Hall–Kier alpha value is -1.52. The third-order valence-electron chi connectivity index (χ3n) is 3.97. The van der Waals surface area contributed by atoms with Crippen LogP contribution in [0.5, 0.6) is 0 Å². The van der Waals surface area contributed by atoms with Gasteiger partial charge in [-0.05, 0) is 31.0 Å². The van der Waals surface area contributed by atoms with Crippen LogP contribution in [0.15, 0.2) is 18.2 Å². The summed E-state index contributed by atoms with van der Waals surface area (Å²) in [6.45, 7) is 4.19. The zero-order chi connectivity index (χ0) is 15.4. The second-order valence-corrected chi connectivity index (χ2v) is 6.69. The van der Waals surface area contributed by atoms with Crippen LogP contribution in [0.4, 0.5) is 0 Å². The summed E-state index contributed by atoms with van der Waals surface area (Å²) in [6, 6.07) is 5.19. The summed E-state index contributed by atoms with van der Waals surface area (Å²) in [6.07, 6.45) is 1.63. The molecular weight excluding hydrogens is 311 g/mol. The third kappa shape index (κ3) is 2.23. The monoisotopic (exact) mass is 324 g/mol. The molecule has 4 nitrogen and oxygen atoms in total. The maximum Gasteiger partial charge on any atom is 0.356 e. The molecule has 2 aromatic rings. The molecule has 0 bridgehead atoms. The molecule has 0 saturated heterocycles. The van der Waals surface area contributed by atoms with Crippen molar-refractivity contribution in [2.45, 2.75) is 32.1 Å². The summed E-state index contributed by atoms with van der Waals surface area (Å²) >= 11 is 12.0. The van der Waals surface area contributed by atoms with Crippen molar-refractivity contribution >= 4 is 29.2 Å². The standard InChI is InChI=1S/C15H14Cl2N2O2/c1-15(2)6-5-9-12(14(20)21)18-19(13(9)15)8-3-4-10(16)11(17)7-8/h3-4,7H,5-6H2,1-2H3,(H,20,21). The largest absolute Gasteiger partial charge is 0.476 e. The van der Waals surface area contributed by atoms with Gasteiger partial charge in [0.2, 0.25) is 0 Å². The lowest BCUT2D eigenvalue weighted by molar-refractivity contribution is 0.0688. The van der Waals surface area contributed by atoms with E-state index in [1.807, 2.05) is 0 Å². The SMILES string of the molecule is CC1(C)CCc2c(C(=O)O)nn(-c3ccc(Cl)c(Cl)c3)c21. The zero-order valence-corrected chi connectivity index (χ0v) is 13.2. The molecule has 0 fully saturated rings. The van der Waals surface area contributed by atoms with Crippen molar-refractivity contribution in [3.8, 4) is 5.69 Å². The minimum atomic E-state index is -0.997. The molecule has 0 radical (unpaired) electrons. The van der Waals surface area contributed by atoms with Crippen LogP contribution in [0.25, 0.3) is 5.69 Å². The molecular formula is C15H14Cl2N2O2. The first-order chi connectivity index (χ1) is 9.81. The Morgan fingerprint density at radius 3 is 2.67 bits per heavy atom. The van der Waals surface area contributed by atoms with Gasteiger partial charge in [-0.2, -0.15) is 5.10 Å². The summed E-state index contributed by atoms with van der Waals surface area (Å²) in [5, 5.41) is 14.5. The summed E-state index contributed by atoms with van der Waals surface area (Å²) < 4.78 is 1.69. The topological polar surface area (TPSA) is 55.1 Å². The average molecular weight is 325 g/mol. The van der Waals surface area contributed by atoms with E-state index in [2.05, 4.69) is 18.9 Å². The lowest BCUT2D eigenvalue weighted by atomic mass is 9.90. The second-order valence-electron chi connectivity index (χ2n) is 5.88. The number of carbonyl (C=O) groups is 1. The van der Waals surface area contributed by atoms with E-state index in [0.29, 0.717) is 10.0 Å². The number of halogens is 2. The molecule has 110 valence electrons. The molecule has 0 unspecified atom stereocenters. The molecule has 21 heavy (non-hydrogen) atoms. The van der Waals surface area contributed by atoms with E-state index in [4.69, 9.17) is 23.2 Å². The van der Waals surface area contributed by atoms with Gasteiger partial charge in [0.15, 0.2) is 5.69 Å². The van der Waals surface area contributed by atoms with Gasteiger partial charge >= 0.3 is 5.97 Å². The highest BCUT2D eigenvalue weighted by molar-refractivity contribution is 6.42. The van der Waals surface area contributed by atoms with Crippen molar-refractivity contribution in [1.29, 1.82) is 0 Å². The quantitative estimate of drug-likeness (QED) is 0.904. The van der Waals surface area contributed by atoms with Crippen molar-refractivity contribution in [2.75, 3.05) is 0 Å². The lowest BCUT2D eigenvalue weighted by Crippen LogP contribution is -2.18. The number of benzene rings is 1. The summed E-state index contributed by atoms with van der Waals surface area (Å²) in [5.41, 5.74) is 2.49. The minimum Gasteiger partial charge on any atom is -0.476 e. The number of aromatic nitrogens is 2. The van der Waals surface area contributed by atoms with Gasteiger partial charge in [-0.15, -0.1) is 0 Å². The Morgan fingerprint density at radius 2 is 2.05 bits per heavy atom. The Balaban J connectivity index is 2.26. The van der Waals surface area contributed by atoms with Crippen molar-refractivity contribution in [3.63, 3.8) is 0 Å². The molecule has 1 aromatic heterocycles. The number of hydrogen-bond donors (Lipinski definition) is 1. The van der Waals surface area contributed by atoms with E-state index in [1.54, 1.807) is 22.9 Å². The number of carboxylic acids is 1. The highest BCUT2D eigenvalue weighted by Crippen LogP contribution is 2.41. The fraction of sp³-hybridized carbons (Fsp3) is 0.333. The van der Waals surface area contributed by atoms with E-state index in [0.717, 1.165) is 29.8 Å². The fourth-order valence-corrected chi connectivity index (χ4v) is 3.21. The molecule has 6 heteroatoms. The number of aromatic carboxylic acids is 1. The van der Waals surface area contributed by atoms with Crippen LogP contribution in [0.3, 0.4) is 0 Å². The summed E-state index contributed by atoms with van der Waals surface area (Å²) in [5.74, 6) is -0.997. The molecule has 0 aliphatic heterocycles. The number of fused-ring (bicyclic) bond motifs is 1. The van der Waals surface area contributed by atoms with Crippen LogP contribution in [0, 0.1) is 0 Å². The first-order valence-corrected chi connectivity index (χ1v) is 7.38. The zero-order valence-electron chi connectivity index (χ0n) is 11.7. The predicted octanol–water partition coefficient (Wildman–Crippen LogP) is 4.10. The van der Waals surface area contributed by atoms with Crippen molar-refractivity contribution in [2.24, 2.45) is 0 Å². The summed E-state index contributed by atoms with van der Waals surface area (Å²) in [4.78, 5) is 11.4. The Morgan fingerprint density at radius 1 is 1.33 bits per heavy atom. The minimum absolute atomic E-state index is 0.123. The van der Waals surface area contributed by atoms with Crippen molar-refractivity contribution in [3.05, 3.63) is 45.2 Å². The maximum absolute atomic E-state index is 11.4. The molecule has 0 spiro atoms. The normalized spacial score (nSPS) is 16.0. The van der Waals surface area contributed by atoms with E-state index >= 15 is 0 Å². The molecule has 0 saturated carbocycles. The van der Waals surface area contributed by atoms with Gasteiger partial charge in [-0.3, -0.25) is 0 Å². The fourth-order valence-electron chi connectivity index (χ4n) is 2.91. The highest BCUT2D eigenvalue weighted by atomic mass is 35.5. The van der Waals surface area contributed by atoms with E-state index in [1.165, 1.54) is 0 Å². The van der Waals surface area contributed by atoms with Crippen molar-refractivity contribution < 1.29 is 9.90 Å². The first kappa shape index (κ1) is 14.4. The van der Waals surface area contributed by atoms with Gasteiger partial charge in [0.1, 0.15) is 0 Å². The van der Waals surface area contributed by atoms with Gasteiger partial charge in [-0.25, -0.2) is 9.48 Å². The molecule has 0 amide bonds. The van der Waals surface area contributed by atoms with Gasteiger partial charge in [0.25, 0.3) is 0 Å². The average Bonchev–Trinajstić information content (AvgIpc) is 2.92. The Labute approximate surface area is 132 Å². The Kier molecular flexibility index (Phi) is 3.26. The molecule has 1 aromatic carbocycles. The first-order valence-electron chi connectivity index (χ1n) is 6.62. The lowest BCUT2D eigenvalue weighted by Gasteiger charge is -2.20. The van der Waals surface area contributed by atoms with Crippen LogP contribution >= 0.6 is 23.2 Å². The molecule has 1 heterocycles. The second kappa shape index (κ2) is 4.75. The van der Waals surface area contributed by atoms with Gasteiger partial charge in [0.05, 0.1) is 21.4 Å².